The van der Waals surface area contributed by atoms with E-state index in [2.05, 4.69) is 72.4 Å². The van der Waals surface area contributed by atoms with Gasteiger partial charge in [-0.3, -0.25) is 0 Å². The van der Waals surface area contributed by atoms with E-state index in [1.807, 2.05) is 0 Å². The van der Waals surface area contributed by atoms with Crippen LogP contribution in [0.2, 0.25) is 13.1 Å². The van der Waals surface area contributed by atoms with Gasteiger partial charge in [0.25, 0.3) is 0 Å². The molecule has 0 N–H and O–H groups in total. The first-order valence-electron chi connectivity index (χ1n) is 9.00. The van der Waals surface area contributed by atoms with Crippen LogP contribution in [0.1, 0.15) is 64.7 Å². The summed E-state index contributed by atoms with van der Waals surface area (Å²) in [6.07, 6.45) is 14.8. The molecule has 0 unspecified atom stereocenters. The lowest BCUT2D eigenvalue weighted by molar-refractivity contribution is 0.577. The Bertz CT molecular complexity index is 423. The Labute approximate surface area is 147 Å². The Morgan fingerprint density at radius 2 is 1.45 bits per heavy atom. The van der Waals surface area contributed by atoms with Gasteiger partial charge >= 0.3 is 0 Å². The van der Waals surface area contributed by atoms with E-state index in [-0.39, 0.29) is 0 Å². The Kier molecular flexibility index (Phi) is 10.1. The van der Waals surface area contributed by atoms with E-state index in [0.29, 0.717) is 0 Å². The Morgan fingerprint density at radius 1 is 0.909 bits per heavy atom. The van der Waals surface area contributed by atoms with Gasteiger partial charge in [0, 0.05) is 0 Å². The van der Waals surface area contributed by atoms with Crippen molar-refractivity contribution >= 4 is 29.2 Å². The first-order chi connectivity index (χ1) is 10.6. The van der Waals surface area contributed by atoms with Crippen LogP contribution < -0.4 is 5.19 Å². The van der Waals surface area contributed by atoms with Crippen LogP contribution in [-0.2, 0) is 0 Å². The fourth-order valence-corrected chi connectivity index (χ4v) is 5.63. The zero-order valence-corrected chi connectivity index (χ0v) is 17.3. The standard InChI is InChI=1S/C20H33BrSi/c1-4-5-6-7-8-9-10-11-15-18-20(21)22(2,3)19-16-13-12-14-17-19/h12-14,16-18H,4-11,15H2,1-3H3/b20-18-. The molecular weight excluding hydrogens is 348 g/mol. The molecular formula is C20H33BrSi. The van der Waals surface area contributed by atoms with E-state index in [4.69, 9.17) is 0 Å². The quantitative estimate of drug-likeness (QED) is 0.287. The summed E-state index contributed by atoms with van der Waals surface area (Å²) in [5.74, 6) is 0. The van der Waals surface area contributed by atoms with Crippen molar-refractivity contribution in [3.63, 3.8) is 0 Å². The van der Waals surface area contributed by atoms with Crippen LogP contribution in [0.5, 0.6) is 0 Å². The van der Waals surface area contributed by atoms with Gasteiger partial charge in [-0.1, -0.05) is 122 Å². The molecule has 0 radical (unpaired) electrons. The molecule has 0 amide bonds. The summed E-state index contributed by atoms with van der Waals surface area (Å²) in [5, 5.41) is 1.51. The van der Waals surface area contributed by atoms with Crippen LogP contribution in [0.3, 0.4) is 0 Å². The number of hydrogen-bond donors (Lipinski definition) is 0. The van der Waals surface area contributed by atoms with E-state index < -0.39 is 8.07 Å². The van der Waals surface area contributed by atoms with Gasteiger partial charge in [-0.05, 0) is 16.9 Å². The number of benzene rings is 1. The molecule has 1 rings (SSSR count). The SMILES string of the molecule is CCCCCCCCCC/C=C(/Br)[Si](C)(C)c1ccccc1. The molecule has 0 spiro atoms. The first-order valence-corrected chi connectivity index (χ1v) is 12.8. The number of halogens is 1. The van der Waals surface area contributed by atoms with Gasteiger partial charge in [0.05, 0.1) is 0 Å². The average molecular weight is 381 g/mol. The molecule has 0 saturated heterocycles. The van der Waals surface area contributed by atoms with Crippen LogP contribution in [0.4, 0.5) is 0 Å². The zero-order chi connectivity index (χ0) is 16.3. The lowest BCUT2D eigenvalue weighted by Crippen LogP contribution is -2.41. The van der Waals surface area contributed by atoms with Crippen molar-refractivity contribution in [1.82, 2.24) is 0 Å². The smallest absolute Gasteiger partial charge is 0.0781 e. The maximum atomic E-state index is 3.87. The second-order valence-corrected chi connectivity index (χ2v) is 12.8. The molecule has 2 heteroatoms. The molecule has 0 heterocycles. The van der Waals surface area contributed by atoms with Crippen molar-refractivity contribution in [2.75, 3.05) is 0 Å². The van der Waals surface area contributed by atoms with Crippen molar-refractivity contribution in [3.8, 4) is 0 Å². The highest BCUT2D eigenvalue weighted by Crippen LogP contribution is 2.22. The van der Waals surface area contributed by atoms with Gasteiger partial charge in [0.15, 0.2) is 0 Å². The zero-order valence-electron chi connectivity index (χ0n) is 14.7. The number of rotatable bonds is 11. The van der Waals surface area contributed by atoms with Crippen LogP contribution in [0, 0.1) is 0 Å². The summed E-state index contributed by atoms with van der Waals surface area (Å²) in [6, 6.07) is 11.0. The summed E-state index contributed by atoms with van der Waals surface area (Å²) in [7, 11) is -1.50. The minimum Gasteiger partial charge on any atom is -0.0781 e. The molecule has 0 aliphatic heterocycles. The molecule has 0 aromatic heterocycles. The summed E-state index contributed by atoms with van der Waals surface area (Å²) in [4.78, 5) is 0. The largest absolute Gasteiger partial charge is 0.120 e. The highest BCUT2D eigenvalue weighted by Gasteiger charge is 2.26. The molecule has 0 saturated carbocycles. The van der Waals surface area contributed by atoms with E-state index in [9.17, 15) is 0 Å². The summed E-state index contributed by atoms with van der Waals surface area (Å²) >= 11 is 3.87. The van der Waals surface area contributed by atoms with Gasteiger partial charge in [-0.15, -0.1) is 0 Å². The monoisotopic (exact) mass is 380 g/mol. The molecule has 124 valence electrons. The Morgan fingerprint density at radius 3 is 2.05 bits per heavy atom. The number of allylic oxidation sites excluding steroid dienone is 1. The highest BCUT2D eigenvalue weighted by molar-refractivity contribution is 9.12. The maximum absolute atomic E-state index is 3.87. The molecule has 0 bridgehead atoms. The molecule has 0 nitrogen and oxygen atoms in total. The van der Waals surface area contributed by atoms with Crippen LogP contribution in [0.15, 0.2) is 40.5 Å². The molecule has 0 atom stereocenters. The van der Waals surface area contributed by atoms with Crippen molar-refractivity contribution in [2.24, 2.45) is 0 Å². The van der Waals surface area contributed by atoms with Gasteiger partial charge in [0.2, 0.25) is 0 Å². The molecule has 0 aliphatic carbocycles. The van der Waals surface area contributed by atoms with Crippen LogP contribution in [0.25, 0.3) is 0 Å². The predicted octanol–water partition coefficient (Wildman–Crippen LogP) is 6.95. The van der Waals surface area contributed by atoms with Crippen LogP contribution >= 0.6 is 15.9 Å². The summed E-state index contributed by atoms with van der Waals surface area (Å²) in [5.41, 5.74) is 0. The molecule has 0 fully saturated rings. The Balaban J connectivity index is 2.25. The fraction of sp³-hybridized carbons (Fsp3) is 0.600. The van der Waals surface area contributed by atoms with Crippen LogP contribution in [-0.4, -0.2) is 8.07 Å². The third kappa shape index (κ3) is 7.28. The normalized spacial score (nSPS) is 12.6. The Hall–Kier alpha value is -0.343. The lowest BCUT2D eigenvalue weighted by atomic mass is 10.1. The third-order valence-electron chi connectivity index (χ3n) is 4.47. The van der Waals surface area contributed by atoms with E-state index in [1.54, 1.807) is 0 Å². The minimum absolute atomic E-state index is 1.22. The van der Waals surface area contributed by atoms with Gasteiger partial charge in [-0.2, -0.15) is 0 Å². The van der Waals surface area contributed by atoms with E-state index in [0.717, 1.165) is 0 Å². The van der Waals surface area contributed by atoms with Gasteiger partial charge in [0.1, 0.15) is 8.07 Å². The number of hydrogen-bond acceptors (Lipinski definition) is 0. The summed E-state index contributed by atoms with van der Waals surface area (Å²) < 4.78 is 1.45. The second kappa shape index (κ2) is 11.2. The van der Waals surface area contributed by atoms with Gasteiger partial charge in [-0.25, -0.2) is 0 Å². The topological polar surface area (TPSA) is 0 Å². The predicted molar refractivity (Wildman–Crippen MR) is 108 cm³/mol. The van der Waals surface area contributed by atoms with E-state index >= 15 is 0 Å². The molecule has 0 aliphatic rings. The number of unbranched alkanes of at least 4 members (excludes halogenated alkanes) is 8. The molecule has 22 heavy (non-hydrogen) atoms. The van der Waals surface area contributed by atoms with E-state index in [1.165, 1.54) is 67.1 Å². The average Bonchev–Trinajstić information content (AvgIpc) is 2.54. The van der Waals surface area contributed by atoms with Crippen molar-refractivity contribution in [1.29, 1.82) is 0 Å². The minimum atomic E-state index is -1.50. The lowest BCUT2D eigenvalue weighted by Gasteiger charge is -2.22. The van der Waals surface area contributed by atoms with Gasteiger partial charge < -0.3 is 0 Å². The maximum Gasteiger partial charge on any atom is 0.120 e. The van der Waals surface area contributed by atoms with Crippen molar-refractivity contribution in [3.05, 3.63) is 40.5 Å². The molecule has 1 aromatic carbocycles. The second-order valence-electron chi connectivity index (χ2n) is 6.81. The highest BCUT2D eigenvalue weighted by atomic mass is 79.9. The third-order valence-corrected chi connectivity index (χ3v) is 10.9. The van der Waals surface area contributed by atoms with Crippen molar-refractivity contribution in [2.45, 2.75) is 77.8 Å². The summed E-state index contributed by atoms with van der Waals surface area (Å²) in [6.45, 7) is 7.14. The molecule has 1 aromatic rings. The fourth-order valence-electron chi connectivity index (χ4n) is 2.75. The van der Waals surface area contributed by atoms with Crippen molar-refractivity contribution < 1.29 is 0 Å². The first kappa shape index (κ1) is 19.7.